The first-order valence-corrected chi connectivity index (χ1v) is 7.95. The van der Waals surface area contributed by atoms with Gasteiger partial charge in [0.15, 0.2) is 0 Å². The van der Waals surface area contributed by atoms with Crippen molar-refractivity contribution in [2.24, 2.45) is 17.3 Å². The fourth-order valence-corrected chi connectivity index (χ4v) is 3.55. The van der Waals surface area contributed by atoms with Crippen LogP contribution in [-0.4, -0.2) is 13.1 Å². The van der Waals surface area contributed by atoms with Gasteiger partial charge in [-0.3, -0.25) is 0 Å². The molecule has 1 aromatic carbocycles. The second-order valence-electron chi connectivity index (χ2n) is 7.07. The normalized spacial score (nSPS) is 25.6. The smallest absolute Gasteiger partial charge is 0.123 e. The minimum atomic E-state index is -0.137. The summed E-state index contributed by atoms with van der Waals surface area (Å²) in [5, 5.41) is 3.51. The lowest BCUT2D eigenvalue weighted by Gasteiger charge is -2.41. The van der Waals surface area contributed by atoms with E-state index in [0.717, 1.165) is 25.4 Å². The highest BCUT2D eigenvalue weighted by Crippen LogP contribution is 2.42. The van der Waals surface area contributed by atoms with Crippen LogP contribution in [0.4, 0.5) is 4.39 Å². The Labute approximate surface area is 123 Å². The predicted molar refractivity (Wildman–Crippen MR) is 83.3 cm³/mol. The molecule has 20 heavy (non-hydrogen) atoms. The third kappa shape index (κ3) is 4.31. The van der Waals surface area contributed by atoms with E-state index in [-0.39, 0.29) is 5.82 Å². The highest BCUT2D eigenvalue weighted by molar-refractivity contribution is 5.17. The maximum Gasteiger partial charge on any atom is 0.123 e. The molecule has 1 nitrogen and oxygen atoms in total. The van der Waals surface area contributed by atoms with Crippen molar-refractivity contribution in [2.75, 3.05) is 13.1 Å². The van der Waals surface area contributed by atoms with Crippen LogP contribution in [0.15, 0.2) is 24.3 Å². The molecule has 0 spiro atoms. The first-order valence-electron chi connectivity index (χ1n) is 7.95. The number of hydrogen-bond donors (Lipinski definition) is 1. The minimum absolute atomic E-state index is 0.137. The molecule has 1 aromatic rings. The van der Waals surface area contributed by atoms with Crippen LogP contribution < -0.4 is 5.32 Å². The van der Waals surface area contributed by atoms with Gasteiger partial charge in [0, 0.05) is 0 Å². The molecule has 0 heterocycles. The zero-order valence-corrected chi connectivity index (χ0v) is 13.1. The van der Waals surface area contributed by atoms with E-state index in [0.29, 0.717) is 11.3 Å². The molecule has 0 aliphatic heterocycles. The molecule has 1 saturated carbocycles. The molecule has 112 valence electrons. The van der Waals surface area contributed by atoms with Crippen LogP contribution in [0.5, 0.6) is 0 Å². The van der Waals surface area contributed by atoms with Crippen LogP contribution in [0.1, 0.15) is 45.6 Å². The molecule has 0 saturated heterocycles. The molecular weight excluding hydrogens is 249 g/mol. The lowest BCUT2D eigenvalue weighted by Crippen LogP contribution is -2.37. The number of nitrogens with one attached hydrogen (secondary N) is 1. The maximum atomic E-state index is 13.0. The molecule has 1 fully saturated rings. The minimum Gasteiger partial charge on any atom is -0.317 e. The summed E-state index contributed by atoms with van der Waals surface area (Å²) in [7, 11) is 0. The van der Waals surface area contributed by atoms with Crippen molar-refractivity contribution in [3.63, 3.8) is 0 Å². The largest absolute Gasteiger partial charge is 0.317 e. The molecule has 1 aliphatic rings. The van der Waals surface area contributed by atoms with Gasteiger partial charge < -0.3 is 5.32 Å². The lowest BCUT2D eigenvalue weighted by atomic mass is 9.65. The fraction of sp³-hybridized carbons (Fsp3) is 0.667. The Morgan fingerprint density at radius 1 is 1.20 bits per heavy atom. The van der Waals surface area contributed by atoms with Crippen molar-refractivity contribution in [2.45, 2.75) is 46.5 Å². The van der Waals surface area contributed by atoms with Crippen LogP contribution in [-0.2, 0) is 6.42 Å². The molecule has 2 atom stereocenters. The highest BCUT2D eigenvalue weighted by atomic mass is 19.1. The Morgan fingerprint density at radius 3 is 2.55 bits per heavy atom. The van der Waals surface area contributed by atoms with Gasteiger partial charge in [0.1, 0.15) is 5.82 Å². The summed E-state index contributed by atoms with van der Waals surface area (Å²) in [6.07, 6.45) is 5.00. The van der Waals surface area contributed by atoms with E-state index in [9.17, 15) is 4.39 Å². The monoisotopic (exact) mass is 277 g/mol. The van der Waals surface area contributed by atoms with Crippen molar-refractivity contribution in [3.05, 3.63) is 35.6 Å². The molecule has 0 amide bonds. The quantitative estimate of drug-likeness (QED) is 0.840. The number of hydrogen-bond acceptors (Lipinski definition) is 1. The first-order chi connectivity index (χ1) is 9.50. The molecule has 0 aromatic heterocycles. The lowest BCUT2D eigenvalue weighted by molar-refractivity contribution is 0.116. The molecule has 2 unspecified atom stereocenters. The van der Waals surface area contributed by atoms with Gasteiger partial charge in [0.2, 0.25) is 0 Å². The molecule has 0 radical (unpaired) electrons. The average molecular weight is 277 g/mol. The van der Waals surface area contributed by atoms with Crippen molar-refractivity contribution in [1.29, 1.82) is 0 Å². The van der Waals surface area contributed by atoms with Gasteiger partial charge >= 0.3 is 0 Å². The highest BCUT2D eigenvalue weighted by Gasteiger charge is 2.34. The van der Waals surface area contributed by atoms with E-state index in [1.165, 1.54) is 24.8 Å². The summed E-state index contributed by atoms with van der Waals surface area (Å²) in [5.41, 5.74) is 1.73. The third-order valence-electron chi connectivity index (χ3n) is 4.74. The molecule has 0 bridgehead atoms. The average Bonchev–Trinajstić information content (AvgIpc) is 2.40. The standard InChI is InChI=1S/C18H28FN/c1-4-20-13-15-9-10-18(2,3)12-16(15)11-14-5-7-17(19)8-6-14/h5-8,15-16,20H,4,9-13H2,1-3H3. The van der Waals surface area contributed by atoms with Crippen LogP contribution in [0, 0.1) is 23.1 Å². The predicted octanol–water partition coefficient (Wildman–Crippen LogP) is 4.42. The van der Waals surface area contributed by atoms with E-state index >= 15 is 0 Å². The Bertz CT molecular complexity index is 410. The van der Waals surface area contributed by atoms with Gasteiger partial charge in [-0.25, -0.2) is 4.39 Å². The molecule has 1 aliphatic carbocycles. The number of benzene rings is 1. The second kappa shape index (κ2) is 6.71. The van der Waals surface area contributed by atoms with Gasteiger partial charge in [-0.2, -0.15) is 0 Å². The Balaban J connectivity index is 2.04. The van der Waals surface area contributed by atoms with Crippen LogP contribution in [0.25, 0.3) is 0 Å². The summed E-state index contributed by atoms with van der Waals surface area (Å²) in [6.45, 7) is 9.10. The summed E-state index contributed by atoms with van der Waals surface area (Å²) in [6, 6.07) is 7.06. The summed E-state index contributed by atoms with van der Waals surface area (Å²) in [5.74, 6) is 1.33. The van der Waals surface area contributed by atoms with Gasteiger partial charge in [0.05, 0.1) is 0 Å². The molecule has 1 N–H and O–H groups in total. The van der Waals surface area contributed by atoms with Crippen molar-refractivity contribution < 1.29 is 4.39 Å². The third-order valence-corrected chi connectivity index (χ3v) is 4.74. The van der Waals surface area contributed by atoms with E-state index in [1.54, 1.807) is 12.1 Å². The SMILES string of the molecule is CCNCC1CCC(C)(C)CC1Cc1ccc(F)cc1. The Kier molecular flexibility index (Phi) is 5.20. The number of rotatable bonds is 5. The topological polar surface area (TPSA) is 12.0 Å². The van der Waals surface area contributed by atoms with Crippen LogP contribution in [0.2, 0.25) is 0 Å². The van der Waals surface area contributed by atoms with E-state index in [4.69, 9.17) is 0 Å². The molecule has 2 rings (SSSR count). The van der Waals surface area contributed by atoms with Gasteiger partial charge in [-0.1, -0.05) is 32.9 Å². The van der Waals surface area contributed by atoms with Gasteiger partial charge in [-0.15, -0.1) is 0 Å². The zero-order chi connectivity index (χ0) is 14.6. The summed E-state index contributed by atoms with van der Waals surface area (Å²) >= 11 is 0. The summed E-state index contributed by atoms with van der Waals surface area (Å²) < 4.78 is 13.0. The molecular formula is C18H28FN. The van der Waals surface area contributed by atoms with Gasteiger partial charge in [-0.05, 0) is 73.7 Å². The van der Waals surface area contributed by atoms with E-state index in [2.05, 4.69) is 26.1 Å². The first kappa shape index (κ1) is 15.5. The summed E-state index contributed by atoms with van der Waals surface area (Å²) in [4.78, 5) is 0. The van der Waals surface area contributed by atoms with Crippen LogP contribution >= 0.6 is 0 Å². The van der Waals surface area contributed by atoms with Crippen molar-refractivity contribution in [3.8, 4) is 0 Å². The van der Waals surface area contributed by atoms with E-state index in [1.807, 2.05) is 12.1 Å². The second-order valence-corrected chi connectivity index (χ2v) is 7.07. The maximum absolute atomic E-state index is 13.0. The Morgan fingerprint density at radius 2 is 1.90 bits per heavy atom. The van der Waals surface area contributed by atoms with Crippen LogP contribution in [0.3, 0.4) is 0 Å². The van der Waals surface area contributed by atoms with E-state index < -0.39 is 0 Å². The Hall–Kier alpha value is -0.890. The zero-order valence-electron chi connectivity index (χ0n) is 13.1. The van der Waals surface area contributed by atoms with Crippen molar-refractivity contribution in [1.82, 2.24) is 5.32 Å². The van der Waals surface area contributed by atoms with Crippen molar-refractivity contribution >= 4 is 0 Å². The molecule has 2 heteroatoms. The number of halogens is 1. The van der Waals surface area contributed by atoms with Gasteiger partial charge in [0.25, 0.3) is 0 Å². The fourth-order valence-electron chi connectivity index (χ4n) is 3.55.